The second-order valence-electron chi connectivity index (χ2n) is 4.54. The molecular formula is C15H22IN5O. The fraction of sp³-hybridized carbons (Fsp3) is 0.333. The zero-order valence-electron chi connectivity index (χ0n) is 12.8. The highest BCUT2D eigenvalue weighted by atomic mass is 127. The summed E-state index contributed by atoms with van der Waals surface area (Å²) < 4.78 is 7.39. The number of halogens is 1. The summed E-state index contributed by atoms with van der Waals surface area (Å²) in [5, 5.41) is 10.6. The molecule has 1 aromatic heterocycles. The van der Waals surface area contributed by atoms with Crippen LogP contribution >= 0.6 is 24.0 Å². The topological polar surface area (TPSA) is 63.5 Å². The van der Waals surface area contributed by atoms with E-state index in [-0.39, 0.29) is 24.0 Å². The molecule has 0 amide bonds. The van der Waals surface area contributed by atoms with Gasteiger partial charge in [-0.15, -0.1) is 24.0 Å². The number of guanidine groups is 1. The zero-order valence-corrected chi connectivity index (χ0v) is 15.2. The van der Waals surface area contributed by atoms with Crippen LogP contribution in [-0.4, -0.2) is 35.9 Å². The van der Waals surface area contributed by atoms with Crippen molar-refractivity contribution in [1.29, 1.82) is 0 Å². The van der Waals surface area contributed by atoms with Crippen molar-refractivity contribution in [1.82, 2.24) is 20.4 Å². The molecule has 2 aromatic rings. The first kappa shape index (κ1) is 18.3. The quantitative estimate of drug-likeness (QED) is 0.327. The van der Waals surface area contributed by atoms with Crippen LogP contribution in [0.5, 0.6) is 5.75 Å². The van der Waals surface area contributed by atoms with Crippen molar-refractivity contribution in [3.05, 3.63) is 48.3 Å². The van der Waals surface area contributed by atoms with Crippen LogP contribution in [0.15, 0.2) is 47.7 Å². The second kappa shape index (κ2) is 10.0. The average molecular weight is 415 g/mol. The predicted octanol–water partition coefficient (Wildman–Crippen LogP) is 1.78. The molecule has 6 nitrogen and oxygen atoms in total. The lowest BCUT2D eigenvalue weighted by Gasteiger charge is -2.11. The molecule has 0 radical (unpaired) electrons. The molecule has 0 atom stereocenters. The molecule has 0 spiro atoms. The molecule has 1 aromatic carbocycles. The minimum Gasteiger partial charge on any atom is -0.492 e. The van der Waals surface area contributed by atoms with Gasteiger partial charge in [0.1, 0.15) is 12.4 Å². The van der Waals surface area contributed by atoms with Crippen molar-refractivity contribution < 1.29 is 4.74 Å². The summed E-state index contributed by atoms with van der Waals surface area (Å²) in [6.07, 6.45) is 3.80. The van der Waals surface area contributed by atoms with Crippen LogP contribution < -0.4 is 15.4 Å². The van der Waals surface area contributed by atoms with Gasteiger partial charge in [0.25, 0.3) is 0 Å². The first-order valence-corrected chi connectivity index (χ1v) is 6.88. The SMILES string of the molecule is CN=C(NCCOc1ccccc1)NCc1cnn(C)c1.I. The highest BCUT2D eigenvalue weighted by Gasteiger charge is 2.00. The number of aromatic nitrogens is 2. The molecule has 0 bridgehead atoms. The first-order chi connectivity index (χ1) is 10.3. The number of nitrogens with one attached hydrogen (secondary N) is 2. The summed E-state index contributed by atoms with van der Waals surface area (Å²) in [6, 6.07) is 9.76. The Morgan fingerprint density at radius 1 is 1.27 bits per heavy atom. The number of hydrogen-bond acceptors (Lipinski definition) is 3. The summed E-state index contributed by atoms with van der Waals surface area (Å²) in [5.74, 6) is 1.62. The summed E-state index contributed by atoms with van der Waals surface area (Å²) in [7, 11) is 3.65. The molecule has 0 aliphatic carbocycles. The van der Waals surface area contributed by atoms with Gasteiger partial charge in [-0.05, 0) is 12.1 Å². The molecule has 0 saturated heterocycles. The van der Waals surface area contributed by atoms with E-state index in [1.165, 1.54) is 0 Å². The maximum absolute atomic E-state index is 5.61. The zero-order chi connectivity index (χ0) is 14.9. The van der Waals surface area contributed by atoms with Crippen molar-refractivity contribution in [3.63, 3.8) is 0 Å². The van der Waals surface area contributed by atoms with Crippen molar-refractivity contribution in [2.24, 2.45) is 12.0 Å². The molecule has 22 heavy (non-hydrogen) atoms. The monoisotopic (exact) mass is 415 g/mol. The Hall–Kier alpha value is -1.77. The number of para-hydroxylation sites is 1. The van der Waals surface area contributed by atoms with Crippen LogP contribution in [0.1, 0.15) is 5.56 Å². The fourth-order valence-corrected chi connectivity index (χ4v) is 1.82. The van der Waals surface area contributed by atoms with E-state index in [1.807, 2.05) is 49.8 Å². The lowest BCUT2D eigenvalue weighted by Crippen LogP contribution is -2.38. The van der Waals surface area contributed by atoms with Gasteiger partial charge in [-0.2, -0.15) is 5.10 Å². The predicted molar refractivity (Wildman–Crippen MR) is 98.8 cm³/mol. The molecule has 2 rings (SSSR count). The summed E-state index contributed by atoms with van der Waals surface area (Å²) in [6.45, 7) is 1.95. The Morgan fingerprint density at radius 2 is 2.05 bits per heavy atom. The molecule has 0 aliphatic rings. The van der Waals surface area contributed by atoms with Gasteiger partial charge < -0.3 is 15.4 Å². The third-order valence-electron chi connectivity index (χ3n) is 2.85. The normalized spacial score (nSPS) is 10.7. The summed E-state index contributed by atoms with van der Waals surface area (Å²) in [5.41, 5.74) is 1.11. The van der Waals surface area contributed by atoms with E-state index < -0.39 is 0 Å². The van der Waals surface area contributed by atoms with Gasteiger partial charge in [0, 0.05) is 32.4 Å². The summed E-state index contributed by atoms with van der Waals surface area (Å²) >= 11 is 0. The van der Waals surface area contributed by atoms with Crippen molar-refractivity contribution >= 4 is 29.9 Å². The number of nitrogens with zero attached hydrogens (tertiary/aromatic N) is 3. The lowest BCUT2D eigenvalue weighted by molar-refractivity contribution is 0.322. The number of aryl methyl sites for hydroxylation is 1. The third-order valence-corrected chi connectivity index (χ3v) is 2.85. The smallest absolute Gasteiger partial charge is 0.191 e. The summed E-state index contributed by atoms with van der Waals surface area (Å²) in [4.78, 5) is 4.17. The Balaban J connectivity index is 0.00000242. The molecular weight excluding hydrogens is 393 g/mol. The Bertz CT molecular complexity index is 570. The van der Waals surface area contributed by atoms with Gasteiger partial charge in [-0.1, -0.05) is 18.2 Å². The molecule has 0 unspecified atom stereocenters. The van der Waals surface area contributed by atoms with Gasteiger partial charge in [-0.25, -0.2) is 0 Å². The van der Waals surface area contributed by atoms with Gasteiger partial charge in [-0.3, -0.25) is 9.67 Å². The lowest BCUT2D eigenvalue weighted by atomic mass is 10.3. The first-order valence-electron chi connectivity index (χ1n) is 6.88. The molecule has 0 saturated carbocycles. The van der Waals surface area contributed by atoms with E-state index in [0.29, 0.717) is 19.7 Å². The fourth-order valence-electron chi connectivity index (χ4n) is 1.82. The van der Waals surface area contributed by atoms with E-state index >= 15 is 0 Å². The van der Waals surface area contributed by atoms with Crippen LogP contribution in [0.25, 0.3) is 0 Å². The van der Waals surface area contributed by atoms with Crippen LogP contribution in [0, 0.1) is 0 Å². The van der Waals surface area contributed by atoms with E-state index in [2.05, 4.69) is 20.7 Å². The third kappa shape index (κ3) is 6.33. The number of hydrogen-bond donors (Lipinski definition) is 2. The van der Waals surface area contributed by atoms with Crippen LogP contribution in [-0.2, 0) is 13.6 Å². The Labute approximate surface area is 148 Å². The van der Waals surface area contributed by atoms with Gasteiger partial charge in [0.05, 0.1) is 12.7 Å². The largest absolute Gasteiger partial charge is 0.492 e. The molecule has 7 heteroatoms. The Morgan fingerprint density at radius 3 is 2.68 bits per heavy atom. The number of benzene rings is 1. The van der Waals surface area contributed by atoms with E-state index in [9.17, 15) is 0 Å². The van der Waals surface area contributed by atoms with Gasteiger partial charge in [0.15, 0.2) is 5.96 Å². The number of aliphatic imine (C=N–C) groups is 1. The van der Waals surface area contributed by atoms with Crippen molar-refractivity contribution in [3.8, 4) is 5.75 Å². The highest BCUT2D eigenvalue weighted by Crippen LogP contribution is 2.07. The van der Waals surface area contributed by atoms with Crippen LogP contribution in [0.2, 0.25) is 0 Å². The molecule has 0 aliphatic heterocycles. The average Bonchev–Trinajstić information content (AvgIpc) is 2.93. The molecule has 0 fully saturated rings. The molecule has 120 valence electrons. The molecule has 1 heterocycles. The number of ether oxygens (including phenoxy) is 1. The number of rotatable bonds is 6. The standard InChI is InChI=1S/C15H21N5O.HI/c1-16-15(18-10-13-11-19-20(2)12-13)17-8-9-21-14-6-4-3-5-7-14;/h3-7,11-12H,8-10H2,1-2H3,(H2,16,17,18);1H. The van der Waals surface area contributed by atoms with Gasteiger partial charge in [0.2, 0.25) is 0 Å². The van der Waals surface area contributed by atoms with E-state index in [1.54, 1.807) is 11.7 Å². The minimum atomic E-state index is 0. The van der Waals surface area contributed by atoms with Crippen LogP contribution in [0.3, 0.4) is 0 Å². The van der Waals surface area contributed by atoms with Crippen molar-refractivity contribution in [2.45, 2.75) is 6.54 Å². The van der Waals surface area contributed by atoms with E-state index in [4.69, 9.17) is 4.74 Å². The Kier molecular flexibility index (Phi) is 8.34. The molecule has 2 N–H and O–H groups in total. The second-order valence-corrected chi connectivity index (χ2v) is 4.54. The minimum absolute atomic E-state index is 0. The van der Waals surface area contributed by atoms with Crippen LogP contribution in [0.4, 0.5) is 0 Å². The highest BCUT2D eigenvalue weighted by molar-refractivity contribution is 14.0. The maximum Gasteiger partial charge on any atom is 0.191 e. The maximum atomic E-state index is 5.61. The van der Waals surface area contributed by atoms with Gasteiger partial charge >= 0.3 is 0 Å². The van der Waals surface area contributed by atoms with Crippen molar-refractivity contribution in [2.75, 3.05) is 20.2 Å². The van der Waals surface area contributed by atoms with E-state index in [0.717, 1.165) is 17.3 Å².